The lowest BCUT2D eigenvalue weighted by atomic mass is 10.1. The highest BCUT2D eigenvalue weighted by molar-refractivity contribution is 5.75. The summed E-state index contributed by atoms with van der Waals surface area (Å²) in [5.41, 5.74) is 2.37. The van der Waals surface area contributed by atoms with E-state index in [-0.39, 0.29) is 24.2 Å². The number of nitrogens with zero attached hydrogens (tertiary/aromatic N) is 3. The lowest BCUT2D eigenvalue weighted by Gasteiger charge is -2.24. The lowest BCUT2D eigenvalue weighted by molar-refractivity contribution is 0.0483. The first kappa shape index (κ1) is 18.9. The maximum atomic E-state index is 12.9. The molecule has 150 valence electrons. The van der Waals surface area contributed by atoms with Gasteiger partial charge in [-0.05, 0) is 32.3 Å². The van der Waals surface area contributed by atoms with E-state index >= 15 is 0 Å². The van der Waals surface area contributed by atoms with Crippen LogP contribution >= 0.6 is 0 Å². The minimum Gasteiger partial charge on any atom is -0.372 e. The fourth-order valence-corrected chi connectivity index (χ4v) is 4.24. The highest BCUT2D eigenvalue weighted by Crippen LogP contribution is 2.32. The Morgan fingerprint density at radius 2 is 2.14 bits per heavy atom. The predicted octanol–water partition coefficient (Wildman–Crippen LogP) is 3.41. The summed E-state index contributed by atoms with van der Waals surface area (Å²) in [5, 5.41) is 10.4. The Morgan fingerprint density at radius 3 is 2.86 bits per heavy atom. The molecule has 1 saturated carbocycles. The topological polar surface area (TPSA) is 83.1 Å². The van der Waals surface area contributed by atoms with Gasteiger partial charge in [0.25, 0.3) is 0 Å². The summed E-state index contributed by atoms with van der Waals surface area (Å²) in [6.45, 7) is 5.06. The number of carbonyl (C=O) groups is 1. The molecule has 1 saturated heterocycles. The minimum atomic E-state index is -0.158. The summed E-state index contributed by atoms with van der Waals surface area (Å²) in [4.78, 5) is 19.3. The largest absolute Gasteiger partial charge is 0.372 e. The Kier molecular flexibility index (Phi) is 5.62. The normalized spacial score (nSPS) is 22.7. The first-order valence-electron chi connectivity index (χ1n) is 10.2. The smallest absolute Gasteiger partial charge is 0.318 e. The van der Waals surface area contributed by atoms with E-state index < -0.39 is 0 Å². The maximum Gasteiger partial charge on any atom is 0.318 e. The van der Waals surface area contributed by atoms with Crippen molar-refractivity contribution in [3.05, 3.63) is 47.0 Å². The zero-order chi connectivity index (χ0) is 19.5. The van der Waals surface area contributed by atoms with Crippen molar-refractivity contribution in [2.75, 3.05) is 6.54 Å². The number of H-pyrrole nitrogens is 1. The summed E-state index contributed by atoms with van der Waals surface area (Å²) >= 11 is 0. The number of nitrogens with one attached hydrogen (secondary N) is 2. The second-order valence-electron chi connectivity index (χ2n) is 8.04. The van der Waals surface area contributed by atoms with Crippen LogP contribution < -0.4 is 5.32 Å². The second-order valence-corrected chi connectivity index (χ2v) is 8.04. The van der Waals surface area contributed by atoms with Crippen molar-refractivity contribution in [1.82, 2.24) is 25.4 Å². The van der Waals surface area contributed by atoms with Crippen LogP contribution in [-0.4, -0.2) is 44.8 Å². The number of aromatic nitrogens is 3. The zero-order valence-electron chi connectivity index (χ0n) is 16.6. The molecule has 2 amide bonds. The van der Waals surface area contributed by atoms with Crippen molar-refractivity contribution in [3.8, 4) is 0 Å². The maximum absolute atomic E-state index is 12.9. The van der Waals surface area contributed by atoms with Gasteiger partial charge in [-0.15, -0.1) is 0 Å². The predicted molar refractivity (Wildman–Crippen MR) is 106 cm³/mol. The van der Waals surface area contributed by atoms with Gasteiger partial charge < -0.3 is 15.0 Å². The lowest BCUT2D eigenvalue weighted by Crippen LogP contribution is -2.44. The number of benzene rings is 1. The molecule has 4 rings (SSSR count). The van der Waals surface area contributed by atoms with E-state index in [0.29, 0.717) is 25.4 Å². The molecule has 1 aliphatic heterocycles. The molecule has 7 heteroatoms. The molecule has 2 N–H and O–H groups in total. The van der Waals surface area contributed by atoms with Crippen molar-refractivity contribution in [2.24, 2.45) is 0 Å². The number of amides is 2. The monoisotopic (exact) mass is 383 g/mol. The van der Waals surface area contributed by atoms with Crippen LogP contribution in [0.2, 0.25) is 0 Å². The number of urea groups is 1. The highest BCUT2D eigenvalue weighted by Gasteiger charge is 2.39. The van der Waals surface area contributed by atoms with Crippen molar-refractivity contribution in [2.45, 2.75) is 70.7 Å². The molecular formula is C21H29N5O2. The Labute approximate surface area is 165 Å². The van der Waals surface area contributed by atoms with E-state index in [1.165, 1.54) is 18.4 Å². The third-order valence-corrected chi connectivity index (χ3v) is 5.69. The molecule has 1 aliphatic carbocycles. The van der Waals surface area contributed by atoms with Gasteiger partial charge >= 0.3 is 6.03 Å². The van der Waals surface area contributed by atoms with Gasteiger partial charge in [0.15, 0.2) is 5.82 Å². The van der Waals surface area contributed by atoms with Crippen molar-refractivity contribution >= 4 is 6.03 Å². The Bertz CT molecular complexity index is 815. The average Bonchev–Trinajstić information content (AvgIpc) is 3.40. The average molecular weight is 383 g/mol. The molecule has 0 spiro atoms. The van der Waals surface area contributed by atoms with E-state index in [4.69, 9.17) is 4.74 Å². The van der Waals surface area contributed by atoms with Crippen LogP contribution in [0.3, 0.4) is 0 Å². The van der Waals surface area contributed by atoms with Gasteiger partial charge in [0.05, 0.1) is 18.8 Å². The molecule has 1 aromatic heterocycles. The van der Waals surface area contributed by atoms with Gasteiger partial charge in [-0.1, -0.05) is 42.7 Å². The molecule has 0 radical (unpaired) electrons. The molecule has 2 aliphatic rings. The van der Waals surface area contributed by atoms with Crippen LogP contribution in [-0.2, 0) is 11.3 Å². The van der Waals surface area contributed by atoms with E-state index in [9.17, 15) is 4.79 Å². The molecule has 1 aromatic carbocycles. The van der Waals surface area contributed by atoms with Crippen LogP contribution in [0.1, 0.15) is 60.9 Å². The van der Waals surface area contributed by atoms with Crippen molar-refractivity contribution in [3.63, 3.8) is 0 Å². The number of rotatable bonds is 5. The van der Waals surface area contributed by atoms with Crippen molar-refractivity contribution in [1.29, 1.82) is 0 Å². The quantitative estimate of drug-likeness (QED) is 0.829. The number of aryl methyl sites for hydroxylation is 2. The number of hydrogen-bond donors (Lipinski definition) is 2. The highest BCUT2D eigenvalue weighted by atomic mass is 16.5. The van der Waals surface area contributed by atoms with Gasteiger partial charge in [-0.3, -0.25) is 5.10 Å². The Morgan fingerprint density at radius 1 is 1.32 bits per heavy atom. The SMILES string of the molecule is Cc1cccc(CO[C@H]2C[C@@H](c3n[nH]c(C)n3)N(C(=O)NC3CCCC3)C2)c1. The molecule has 2 fully saturated rings. The van der Waals surface area contributed by atoms with E-state index in [2.05, 4.69) is 45.6 Å². The van der Waals surface area contributed by atoms with Gasteiger partial charge in [0, 0.05) is 19.0 Å². The van der Waals surface area contributed by atoms with Crippen molar-refractivity contribution < 1.29 is 9.53 Å². The third-order valence-electron chi connectivity index (χ3n) is 5.69. The summed E-state index contributed by atoms with van der Waals surface area (Å²) in [6, 6.07) is 8.43. The van der Waals surface area contributed by atoms with E-state index in [1.807, 2.05) is 17.9 Å². The molecule has 2 aromatic rings. The number of likely N-dealkylation sites (tertiary alicyclic amines) is 1. The van der Waals surface area contributed by atoms with E-state index in [0.717, 1.165) is 24.2 Å². The number of aromatic amines is 1. The summed E-state index contributed by atoms with van der Waals surface area (Å²) in [7, 11) is 0. The summed E-state index contributed by atoms with van der Waals surface area (Å²) < 4.78 is 6.17. The number of ether oxygens (including phenoxy) is 1. The molecule has 28 heavy (non-hydrogen) atoms. The fourth-order valence-electron chi connectivity index (χ4n) is 4.24. The molecule has 0 unspecified atom stereocenters. The van der Waals surface area contributed by atoms with Crippen LogP contribution in [0.5, 0.6) is 0 Å². The van der Waals surface area contributed by atoms with Gasteiger partial charge in [-0.25, -0.2) is 9.78 Å². The zero-order valence-corrected chi connectivity index (χ0v) is 16.6. The third kappa shape index (κ3) is 4.35. The number of hydrogen-bond acceptors (Lipinski definition) is 4. The molecule has 7 nitrogen and oxygen atoms in total. The van der Waals surface area contributed by atoms with Crippen LogP contribution in [0.25, 0.3) is 0 Å². The first-order valence-corrected chi connectivity index (χ1v) is 10.2. The number of carbonyl (C=O) groups excluding carboxylic acids is 1. The van der Waals surface area contributed by atoms with Gasteiger partial charge in [0.2, 0.25) is 0 Å². The standard InChI is InChI=1S/C21H29N5O2/c1-14-6-5-7-16(10-14)13-28-18-11-19(20-22-15(2)24-25-20)26(12-18)21(27)23-17-8-3-4-9-17/h5-7,10,17-19H,3-4,8-9,11-13H2,1-2H3,(H,23,27)(H,22,24,25)/t18-,19-/m0/s1. The molecule has 0 bridgehead atoms. The Hall–Kier alpha value is -2.41. The first-order chi connectivity index (χ1) is 13.6. The van der Waals surface area contributed by atoms with Gasteiger partial charge in [-0.2, -0.15) is 5.10 Å². The van der Waals surface area contributed by atoms with Gasteiger partial charge in [0.1, 0.15) is 5.82 Å². The second kappa shape index (κ2) is 8.31. The Balaban J connectivity index is 1.43. The fraction of sp³-hybridized carbons (Fsp3) is 0.571. The molecule has 2 atom stereocenters. The van der Waals surface area contributed by atoms with Crippen LogP contribution in [0, 0.1) is 13.8 Å². The minimum absolute atomic E-state index is 0.0268. The van der Waals surface area contributed by atoms with E-state index in [1.54, 1.807) is 0 Å². The van der Waals surface area contributed by atoms with Crippen LogP contribution in [0.15, 0.2) is 24.3 Å². The molecule has 2 heterocycles. The molecular weight excluding hydrogens is 354 g/mol. The van der Waals surface area contributed by atoms with Crippen LogP contribution in [0.4, 0.5) is 4.79 Å². The summed E-state index contributed by atoms with van der Waals surface area (Å²) in [6.07, 6.45) is 5.20. The summed E-state index contributed by atoms with van der Waals surface area (Å²) in [5.74, 6) is 1.43.